The smallest absolute Gasteiger partial charge is 0.251 e. The van der Waals surface area contributed by atoms with Gasteiger partial charge in [0.05, 0.1) is 17.6 Å². The maximum Gasteiger partial charge on any atom is 0.251 e. The standard InChI is InChI=1S/C19H19N3O2/c1-2-8-17-21-15-11-6-7-12-16(15)22(17)18(23)13-20-19(24)14-9-4-3-5-10-14/h3-7,9-12H,2,8,13H2,1H3,(H,20,24). The number of imidazole rings is 1. The van der Waals surface area contributed by atoms with Crippen molar-refractivity contribution in [2.45, 2.75) is 19.8 Å². The number of carbonyl (C=O) groups excluding carboxylic acids is 2. The van der Waals surface area contributed by atoms with Gasteiger partial charge >= 0.3 is 0 Å². The van der Waals surface area contributed by atoms with Crippen molar-refractivity contribution in [1.82, 2.24) is 14.9 Å². The van der Waals surface area contributed by atoms with Crippen molar-refractivity contribution in [3.8, 4) is 0 Å². The molecule has 0 aliphatic carbocycles. The second-order valence-corrected chi connectivity index (χ2v) is 5.54. The molecule has 0 radical (unpaired) electrons. The van der Waals surface area contributed by atoms with Gasteiger partial charge in [-0.15, -0.1) is 0 Å². The average Bonchev–Trinajstić information content (AvgIpc) is 2.98. The summed E-state index contributed by atoms with van der Waals surface area (Å²) in [6.45, 7) is 1.98. The van der Waals surface area contributed by atoms with Crippen LogP contribution in [-0.2, 0) is 6.42 Å². The van der Waals surface area contributed by atoms with Gasteiger partial charge in [0.25, 0.3) is 11.8 Å². The van der Waals surface area contributed by atoms with Crippen molar-refractivity contribution in [2.75, 3.05) is 6.54 Å². The van der Waals surface area contributed by atoms with Gasteiger partial charge in [-0.1, -0.05) is 37.3 Å². The maximum atomic E-state index is 12.7. The molecule has 0 saturated heterocycles. The third kappa shape index (κ3) is 3.20. The maximum absolute atomic E-state index is 12.7. The second-order valence-electron chi connectivity index (χ2n) is 5.54. The van der Waals surface area contributed by atoms with E-state index >= 15 is 0 Å². The Morgan fingerprint density at radius 2 is 1.75 bits per heavy atom. The number of amides is 1. The molecule has 122 valence electrons. The molecule has 5 nitrogen and oxygen atoms in total. The molecule has 0 spiro atoms. The summed E-state index contributed by atoms with van der Waals surface area (Å²) in [6.07, 6.45) is 1.61. The molecule has 1 amide bonds. The molecule has 3 rings (SSSR count). The van der Waals surface area contributed by atoms with Gasteiger partial charge in [0.15, 0.2) is 0 Å². The zero-order chi connectivity index (χ0) is 16.9. The molecular formula is C19H19N3O2. The molecule has 5 heteroatoms. The molecule has 0 aliphatic rings. The van der Waals surface area contributed by atoms with E-state index in [-0.39, 0.29) is 18.4 Å². The molecule has 0 aliphatic heterocycles. The summed E-state index contributed by atoms with van der Waals surface area (Å²) in [5.41, 5.74) is 2.11. The summed E-state index contributed by atoms with van der Waals surface area (Å²) in [7, 11) is 0. The van der Waals surface area contributed by atoms with Crippen molar-refractivity contribution in [2.24, 2.45) is 0 Å². The zero-order valence-electron chi connectivity index (χ0n) is 13.5. The van der Waals surface area contributed by atoms with Gasteiger partial charge in [-0.05, 0) is 30.7 Å². The van der Waals surface area contributed by atoms with E-state index in [4.69, 9.17) is 0 Å². The highest BCUT2D eigenvalue weighted by molar-refractivity contribution is 5.98. The van der Waals surface area contributed by atoms with E-state index in [2.05, 4.69) is 10.3 Å². The lowest BCUT2D eigenvalue weighted by Gasteiger charge is -2.09. The highest BCUT2D eigenvalue weighted by Crippen LogP contribution is 2.17. The Morgan fingerprint density at radius 3 is 2.50 bits per heavy atom. The van der Waals surface area contributed by atoms with Gasteiger partial charge in [0.1, 0.15) is 5.82 Å². The molecule has 24 heavy (non-hydrogen) atoms. The molecule has 0 bridgehead atoms. The Kier molecular flexibility index (Phi) is 4.70. The highest BCUT2D eigenvalue weighted by Gasteiger charge is 2.16. The summed E-state index contributed by atoms with van der Waals surface area (Å²) < 4.78 is 1.62. The quantitative estimate of drug-likeness (QED) is 0.785. The lowest BCUT2D eigenvalue weighted by Crippen LogP contribution is -2.32. The molecule has 0 fully saturated rings. The number of nitrogens with one attached hydrogen (secondary N) is 1. The van der Waals surface area contributed by atoms with Crippen molar-refractivity contribution >= 4 is 22.8 Å². The molecule has 0 saturated carbocycles. The number of hydrogen-bond acceptors (Lipinski definition) is 3. The van der Waals surface area contributed by atoms with Gasteiger partial charge in [0, 0.05) is 12.0 Å². The molecule has 1 N–H and O–H groups in total. The number of para-hydroxylation sites is 2. The topological polar surface area (TPSA) is 64.0 Å². The third-order valence-corrected chi connectivity index (χ3v) is 3.79. The van der Waals surface area contributed by atoms with Crippen LogP contribution in [0, 0.1) is 0 Å². The first-order chi connectivity index (χ1) is 11.7. The Labute approximate surface area is 140 Å². The van der Waals surface area contributed by atoms with E-state index in [9.17, 15) is 9.59 Å². The fourth-order valence-electron chi connectivity index (χ4n) is 2.67. The number of carbonyl (C=O) groups is 2. The van der Waals surface area contributed by atoms with Gasteiger partial charge in [-0.2, -0.15) is 0 Å². The number of nitrogens with zero attached hydrogens (tertiary/aromatic N) is 2. The number of aryl methyl sites for hydroxylation is 1. The molecule has 1 heterocycles. The summed E-state index contributed by atoms with van der Waals surface area (Å²) in [4.78, 5) is 29.3. The van der Waals surface area contributed by atoms with Crippen LogP contribution in [0.3, 0.4) is 0 Å². The normalized spacial score (nSPS) is 10.7. The average molecular weight is 321 g/mol. The zero-order valence-corrected chi connectivity index (χ0v) is 13.5. The lowest BCUT2D eigenvalue weighted by molar-refractivity contribution is 0.0862. The van der Waals surface area contributed by atoms with Crippen LogP contribution in [0.4, 0.5) is 0 Å². The molecular weight excluding hydrogens is 302 g/mol. The largest absolute Gasteiger partial charge is 0.343 e. The van der Waals surface area contributed by atoms with E-state index < -0.39 is 0 Å². The Bertz CT molecular complexity index is 869. The number of fused-ring (bicyclic) bond motifs is 1. The van der Waals surface area contributed by atoms with Crippen LogP contribution < -0.4 is 5.32 Å². The third-order valence-electron chi connectivity index (χ3n) is 3.79. The van der Waals surface area contributed by atoms with E-state index in [1.807, 2.05) is 37.3 Å². The summed E-state index contributed by atoms with van der Waals surface area (Å²) in [5.74, 6) is 0.291. The van der Waals surface area contributed by atoms with Crippen LogP contribution in [-0.4, -0.2) is 27.9 Å². The van der Waals surface area contributed by atoms with Gasteiger partial charge in [-0.3, -0.25) is 14.2 Å². The SMILES string of the molecule is CCCc1nc2ccccc2n1C(=O)CNC(=O)c1ccccc1. The van der Waals surface area contributed by atoms with Crippen LogP contribution in [0.5, 0.6) is 0 Å². The first-order valence-corrected chi connectivity index (χ1v) is 8.03. The van der Waals surface area contributed by atoms with E-state index in [0.717, 1.165) is 23.3 Å². The molecule has 2 aromatic carbocycles. The Balaban J connectivity index is 1.81. The summed E-state index contributed by atoms with van der Waals surface area (Å²) in [6, 6.07) is 16.4. The minimum absolute atomic E-state index is 0.0647. The van der Waals surface area contributed by atoms with Gasteiger partial charge in [0.2, 0.25) is 0 Å². The first-order valence-electron chi connectivity index (χ1n) is 8.03. The Hall–Kier alpha value is -2.95. The van der Waals surface area contributed by atoms with Gasteiger partial charge in [-0.25, -0.2) is 4.98 Å². The molecule has 0 unspecified atom stereocenters. The van der Waals surface area contributed by atoms with E-state index in [0.29, 0.717) is 12.0 Å². The Morgan fingerprint density at radius 1 is 1.04 bits per heavy atom. The number of aromatic nitrogens is 2. The molecule has 3 aromatic rings. The fraction of sp³-hybridized carbons (Fsp3) is 0.211. The predicted molar refractivity (Wildman–Crippen MR) is 93.1 cm³/mol. The van der Waals surface area contributed by atoms with Crippen molar-refractivity contribution in [1.29, 1.82) is 0 Å². The molecule has 0 atom stereocenters. The van der Waals surface area contributed by atoms with Gasteiger partial charge < -0.3 is 5.32 Å². The lowest BCUT2D eigenvalue weighted by atomic mass is 10.2. The van der Waals surface area contributed by atoms with Crippen LogP contribution in [0.2, 0.25) is 0 Å². The highest BCUT2D eigenvalue weighted by atomic mass is 16.2. The van der Waals surface area contributed by atoms with Crippen molar-refractivity contribution < 1.29 is 9.59 Å². The first kappa shape index (κ1) is 15.9. The fourth-order valence-corrected chi connectivity index (χ4v) is 2.67. The monoisotopic (exact) mass is 321 g/mol. The number of benzene rings is 2. The van der Waals surface area contributed by atoms with E-state index in [1.165, 1.54) is 0 Å². The van der Waals surface area contributed by atoms with Crippen LogP contribution in [0.1, 0.15) is 34.3 Å². The van der Waals surface area contributed by atoms with Crippen LogP contribution in [0.15, 0.2) is 54.6 Å². The van der Waals surface area contributed by atoms with Crippen molar-refractivity contribution in [3.63, 3.8) is 0 Å². The minimum atomic E-state index is -0.259. The predicted octanol–water partition coefficient (Wildman–Crippen LogP) is 3.06. The summed E-state index contributed by atoms with van der Waals surface area (Å²) in [5, 5.41) is 2.68. The van der Waals surface area contributed by atoms with Crippen LogP contribution in [0.25, 0.3) is 11.0 Å². The molecule has 1 aromatic heterocycles. The minimum Gasteiger partial charge on any atom is -0.343 e. The second kappa shape index (κ2) is 7.08. The van der Waals surface area contributed by atoms with E-state index in [1.54, 1.807) is 28.8 Å². The van der Waals surface area contributed by atoms with Crippen molar-refractivity contribution in [3.05, 3.63) is 66.0 Å². The number of hydrogen-bond donors (Lipinski definition) is 1. The number of rotatable bonds is 5. The van der Waals surface area contributed by atoms with Crippen LogP contribution >= 0.6 is 0 Å². The summed E-state index contributed by atoms with van der Waals surface area (Å²) >= 11 is 0.